The first-order chi connectivity index (χ1) is 10.2. The maximum absolute atomic E-state index is 10.8. The molecule has 2 rings (SSSR count). The molecule has 1 saturated carbocycles. The molecule has 0 spiro atoms. The summed E-state index contributed by atoms with van der Waals surface area (Å²) in [4.78, 5) is 6.58. The quantitative estimate of drug-likeness (QED) is 0.304. The molecule has 21 heavy (non-hydrogen) atoms. The van der Waals surface area contributed by atoms with Crippen molar-refractivity contribution in [3.05, 3.63) is 30.3 Å². The number of hydrogen-bond acceptors (Lipinski definition) is 4. The molecular weight excluding hydrogens is 352 g/mol. The molecule has 1 unspecified atom stereocenters. The molecule has 0 saturated heterocycles. The van der Waals surface area contributed by atoms with E-state index < -0.39 is 5.60 Å². The van der Waals surface area contributed by atoms with Gasteiger partial charge in [-0.2, -0.15) is 4.33 Å². The van der Waals surface area contributed by atoms with E-state index in [1.165, 1.54) is 18.5 Å². The lowest BCUT2D eigenvalue weighted by Gasteiger charge is -2.37. The second kappa shape index (κ2) is 9.16. The first-order valence-corrected chi connectivity index (χ1v) is 9.44. The highest BCUT2D eigenvalue weighted by atomic mass is 79.9. The van der Waals surface area contributed by atoms with Crippen molar-refractivity contribution in [2.45, 2.75) is 61.5 Å². The maximum atomic E-state index is 10.8. The van der Waals surface area contributed by atoms with E-state index in [1.807, 2.05) is 30.3 Å². The minimum Gasteiger partial charge on any atom is -0.387 e. The summed E-state index contributed by atoms with van der Waals surface area (Å²) in [5.74, 6) is 0. The third-order valence-electron chi connectivity index (χ3n) is 3.95. The number of hydrogen-bond donors (Lipinski definition) is 1. The molecule has 1 atom stereocenters. The molecule has 1 aromatic carbocycles. The molecular formula is C16H23BrO3S. The zero-order valence-corrected chi connectivity index (χ0v) is 14.6. The van der Waals surface area contributed by atoms with Crippen molar-refractivity contribution in [2.24, 2.45) is 0 Å². The standard InChI is InChI=1S/C16H23BrO3S/c17-13-7-10-15(16(18)11-5-2-6-12-16)19-20-21-14-8-3-1-4-9-14/h1,3-4,8-9,15,18H,2,5-7,10-13H2. The summed E-state index contributed by atoms with van der Waals surface area (Å²) in [6, 6.07) is 9.83. The maximum Gasteiger partial charge on any atom is 0.123 e. The fourth-order valence-electron chi connectivity index (χ4n) is 2.74. The van der Waals surface area contributed by atoms with Crippen LogP contribution in [0, 0.1) is 0 Å². The highest BCUT2D eigenvalue weighted by molar-refractivity contribution is 9.09. The Morgan fingerprint density at radius 3 is 2.57 bits per heavy atom. The number of halogens is 1. The Bertz CT molecular complexity index is 396. The summed E-state index contributed by atoms with van der Waals surface area (Å²) in [5.41, 5.74) is -0.738. The van der Waals surface area contributed by atoms with Crippen LogP contribution in [0.25, 0.3) is 0 Å². The predicted molar refractivity (Wildman–Crippen MR) is 89.3 cm³/mol. The van der Waals surface area contributed by atoms with E-state index in [0.29, 0.717) is 0 Å². The van der Waals surface area contributed by atoms with E-state index in [2.05, 4.69) is 15.9 Å². The second-order valence-corrected chi connectivity index (χ2v) is 7.11. The van der Waals surface area contributed by atoms with Crippen molar-refractivity contribution in [2.75, 3.05) is 5.33 Å². The summed E-state index contributed by atoms with van der Waals surface area (Å²) in [5, 5.41) is 11.7. The van der Waals surface area contributed by atoms with Crippen molar-refractivity contribution in [1.82, 2.24) is 0 Å². The fourth-order valence-corrected chi connectivity index (χ4v) is 3.54. The van der Waals surface area contributed by atoms with Gasteiger partial charge in [-0.25, -0.2) is 4.89 Å². The zero-order chi connectivity index (χ0) is 15.0. The van der Waals surface area contributed by atoms with Gasteiger partial charge >= 0.3 is 0 Å². The summed E-state index contributed by atoms with van der Waals surface area (Å²) in [7, 11) is 0. The monoisotopic (exact) mass is 374 g/mol. The van der Waals surface area contributed by atoms with Gasteiger partial charge in [0.2, 0.25) is 0 Å². The van der Waals surface area contributed by atoms with Crippen molar-refractivity contribution in [3.63, 3.8) is 0 Å². The van der Waals surface area contributed by atoms with Crippen molar-refractivity contribution in [3.8, 4) is 0 Å². The summed E-state index contributed by atoms with van der Waals surface area (Å²) in [6.45, 7) is 0. The number of aliphatic hydroxyl groups is 1. The molecule has 0 amide bonds. The van der Waals surface area contributed by atoms with Gasteiger partial charge in [-0.05, 0) is 37.8 Å². The third kappa shape index (κ3) is 5.57. The van der Waals surface area contributed by atoms with Gasteiger partial charge in [0.05, 0.1) is 17.6 Å². The average molecular weight is 375 g/mol. The number of benzene rings is 1. The van der Waals surface area contributed by atoms with Gasteiger partial charge in [0, 0.05) is 10.2 Å². The SMILES string of the molecule is OC1(C(CCCBr)OOSc2ccccc2)CCCCC1. The van der Waals surface area contributed by atoms with Crippen LogP contribution in [0.1, 0.15) is 44.9 Å². The van der Waals surface area contributed by atoms with Crippen molar-refractivity contribution < 1.29 is 14.3 Å². The van der Waals surface area contributed by atoms with E-state index in [9.17, 15) is 5.11 Å². The lowest BCUT2D eigenvalue weighted by molar-refractivity contribution is -0.283. The molecule has 5 heteroatoms. The largest absolute Gasteiger partial charge is 0.387 e. The molecule has 1 aliphatic carbocycles. The second-order valence-electron chi connectivity index (χ2n) is 5.54. The first kappa shape index (κ1) is 17.3. The molecule has 0 aliphatic heterocycles. The lowest BCUT2D eigenvalue weighted by Crippen LogP contribution is -2.45. The number of rotatable bonds is 8. The Kier molecular flexibility index (Phi) is 7.54. The van der Waals surface area contributed by atoms with E-state index in [1.54, 1.807) is 0 Å². The van der Waals surface area contributed by atoms with Crippen LogP contribution in [0.4, 0.5) is 0 Å². The van der Waals surface area contributed by atoms with Crippen molar-refractivity contribution in [1.29, 1.82) is 0 Å². The molecule has 0 heterocycles. The molecule has 0 radical (unpaired) electrons. The van der Waals surface area contributed by atoms with Gasteiger partial charge in [0.25, 0.3) is 0 Å². The van der Waals surface area contributed by atoms with Gasteiger partial charge in [-0.15, -0.1) is 0 Å². The molecule has 0 aromatic heterocycles. The van der Waals surface area contributed by atoms with Crippen LogP contribution in [0.5, 0.6) is 0 Å². The van der Waals surface area contributed by atoms with Gasteiger partial charge < -0.3 is 5.11 Å². The van der Waals surface area contributed by atoms with Crippen LogP contribution in [-0.2, 0) is 9.22 Å². The Morgan fingerprint density at radius 2 is 1.90 bits per heavy atom. The molecule has 1 N–H and O–H groups in total. The Morgan fingerprint density at radius 1 is 1.19 bits per heavy atom. The average Bonchev–Trinajstić information content (AvgIpc) is 2.52. The van der Waals surface area contributed by atoms with Gasteiger partial charge in [0.1, 0.15) is 6.10 Å². The highest BCUT2D eigenvalue weighted by Crippen LogP contribution is 2.35. The fraction of sp³-hybridized carbons (Fsp3) is 0.625. The van der Waals surface area contributed by atoms with E-state index in [-0.39, 0.29) is 6.10 Å². The topological polar surface area (TPSA) is 38.7 Å². The van der Waals surface area contributed by atoms with Crippen LogP contribution >= 0.6 is 28.0 Å². The highest BCUT2D eigenvalue weighted by Gasteiger charge is 2.39. The molecule has 1 aromatic rings. The first-order valence-electron chi connectivity index (χ1n) is 7.58. The van der Waals surface area contributed by atoms with Crippen LogP contribution in [-0.4, -0.2) is 22.1 Å². The zero-order valence-electron chi connectivity index (χ0n) is 12.2. The molecule has 1 aliphatic rings. The van der Waals surface area contributed by atoms with E-state index in [0.717, 1.165) is 48.8 Å². The summed E-state index contributed by atoms with van der Waals surface area (Å²) < 4.78 is 5.34. The molecule has 1 fully saturated rings. The normalized spacial score (nSPS) is 19.3. The number of alkyl halides is 1. The van der Waals surface area contributed by atoms with E-state index in [4.69, 9.17) is 9.22 Å². The molecule has 3 nitrogen and oxygen atoms in total. The smallest absolute Gasteiger partial charge is 0.123 e. The van der Waals surface area contributed by atoms with Crippen LogP contribution in [0.3, 0.4) is 0 Å². The Labute approximate surface area is 139 Å². The third-order valence-corrected chi connectivity index (χ3v) is 5.12. The van der Waals surface area contributed by atoms with Crippen molar-refractivity contribution >= 4 is 28.0 Å². The summed E-state index contributed by atoms with van der Waals surface area (Å²) >= 11 is 4.64. The van der Waals surface area contributed by atoms with Crippen LogP contribution < -0.4 is 0 Å². The molecule has 118 valence electrons. The molecule has 0 bridgehead atoms. The Hall–Kier alpha value is -0.0700. The van der Waals surface area contributed by atoms with Crippen LogP contribution in [0.2, 0.25) is 0 Å². The lowest BCUT2D eigenvalue weighted by atomic mass is 9.79. The van der Waals surface area contributed by atoms with Crippen LogP contribution in [0.15, 0.2) is 35.2 Å². The predicted octanol–water partition coefficient (Wildman–Crippen LogP) is 4.88. The Balaban J connectivity index is 1.86. The van der Waals surface area contributed by atoms with Gasteiger partial charge in [-0.3, -0.25) is 0 Å². The van der Waals surface area contributed by atoms with E-state index >= 15 is 0 Å². The van der Waals surface area contributed by atoms with Gasteiger partial charge in [0.15, 0.2) is 0 Å². The minimum absolute atomic E-state index is 0.258. The minimum atomic E-state index is -0.738. The summed E-state index contributed by atoms with van der Waals surface area (Å²) in [6.07, 6.45) is 6.45. The van der Waals surface area contributed by atoms with Gasteiger partial charge in [-0.1, -0.05) is 53.4 Å².